The van der Waals surface area contributed by atoms with E-state index in [1.807, 2.05) is 62.5 Å². The van der Waals surface area contributed by atoms with Gasteiger partial charge in [-0.3, -0.25) is 19.6 Å². The molecule has 0 bridgehead atoms. The third-order valence-electron chi connectivity index (χ3n) is 8.46. The standard InChI is InChI=1S/C39H47N5O9/c1-27-37(29(3)53-43-27)32-24-35-38(42-25-32)33(26-44(35)28(2)34-6-4-5-12-40-34)30-7-9-31(10-8-30)39(47)41-13-15-49-17-19-51-21-23-52-22-20-50-18-16-48-14-11-36(45)46/h4-10,12,24-26,28H,11,13-23H2,1-3H3,(H,41,47)(H,45,46)/t28-/m0/s1. The second kappa shape index (κ2) is 20.3. The fraction of sp³-hybridized carbons (Fsp3) is 0.410. The Morgan fingerprint density at radius 3 is 2.06 bits per heavy atom. The van der Waals surface area contributed by atoms with E-state index in [0.29, 0.717) is 71.6 Å². The van der Waals surface area contributed by atoms with Crippen LogP contribution in [-0.2, 0) is 28.5 Å². The lowest BCUT2D eigenvalue weighted by Crippen LogP contribution is -2.27. The first-order chi connectivity index (χ1) is 25.8. The van der Waals surface area contributed by atoms with Gasteiger partial charge in [-0.1, -0.05) is 23.4 Å². The molecule has 0 aliphatic heterocycles. The lowest BCUT2D eigenvalue weighted by atomic mass is 10.0. The zero-order valence-electron chi connectivity index (χ0n) is 30.4. The van der Waals surface area contributed by atoms with Gasteiger partial charge in [0.05, 0.1) is 101 Å². The number of aliphatic carboxylic acids is 1. The topological polar surface area (TPSA) is 169 Å². The Balaban J connectivity index is 1.05. The van der Waals surface area contributed by atoms with Crippen LogP contribution in [0, 0.1) is 13.8 Å². The molecule has 282 valence electrons. The molecule has 4 heterocycles. The lowest BCUT2D eigenvalue weighted by Gasteiger charge is -2.15. The number of hydrogen-bond acceptors (Lipinski definition) is 11. The molecular formula is C39H47N5O9. The smallest absolute Gasteiger partial charge is 0.305 e. The summed E-state index contributed by atoms with van der Waals surface area (Å²) in [5.41, 5.74) is 7.84. The van der Waals surface area contributed by atoms with Crippen molar-refractivity contribution in [2.24, 2.45) is 0 Å². The number of hydrogen-bond donors (Lipinski definition) is 2. The number of amides is 1. The van der Waals surface area contributed by atoms with E-state index in [-0.39, 0.29) is 25.0 Å². The monoisotopic (exact) mass is 729 g/mol. The van der Waals surface area contributed by atoms with Gasteiger partial charge in [0.25, 0.3) is 5.91 Å². The number of fused-ring (bicyclic) bond motifs is 1. The second-order valence-corrected chi connectivity index (χ2v) is 12.2. The summed E-state index contributed by atoms with van der Waals surface area (Å²) in [5.74, 6) is -0.329. The van der Waals surface area contributed by atoms with Crippen molar-refractivity contribution in [2.75, 3.05) is 72.6 Å². The summed E-state index contributed by atoms with van der Waals surface area (Å²) >= 11 is 0. The van der Waals surface area contributed by atoms with Crippen molar-refractivity contribution >= 4 is 22.9 Å². The quantitative estimate of drug-likeness (QED) is 0.0838. The minimum absolute atomic E-state index is 0.0164. The Morgan fingerprint density at radius 1 is 0.830 bits per heavy atom. The van der Waals surface area contributed by atoms with Crippen LogP contribution in [0.15, 0.2) is 71.6 Å². The van der Waals surface area contributed by atoms with Crippen LogP contribution in [0.25, 0.3) is 33.3 Å². The number of ether oxygens (including phenoxy) is 5. The Bertz CT molecular complexity index is 1870. The van der Waals surface area contributed by atoms with Gasteiger partial charge in [-0.05, 0) is 56.7 Å². The number of carboxylic acid groups (broad SMARTS) is 1. The van der Waals surface area contributed by atoms with Gasteiger partial charge in [0, 0.05) is 47.4 Å². The molecular weight excluding hydrogens is 682 g/mol. The third kappa shape index (κ3) is 11.2. The van der Waals surface area contributed by atoms with Gasteiger partial charge in [0.2, 0.25) is 0 Å². The zero-order valence-corrected chi connectivity index (χ0v) is 30.4. The fourth-order valence-corrected chi connectivity index (χ4v) is 5.74. The van der Waals surface area contributed by atoms with E-state index in [1.165, 1.54) is 0 Å². The summed E-state index contributed by atoms with van der Waals surface area (Å²) in [6.45, 7) is 10.1. The number of nitrogens with one attached hydrogen (secondary N) is 1. The number of aromatic nitrogens is 4. The number of nitrogens with zero attached hydrogens (tertiary/aromatic N) is 4. The number of pyridine rings is 2. The Morgan fingerprint density at radius 2 is 1.47 bits per heavy atom. The van der Waals surface area contributed by atoms with Crippen LogP contribution >= 0.6 is 0 Å². The van der Waals surface area contributed by atoms with Crippen LogP contribution in [-0.4, -0.2) is 109 Å². The summed E-state index contributed by atoms with van der Waals surface area (Å²) < 4.78 is 34.6. The summed E-state index contributed by atoms with van der Waals surface area (Å²) in [6, 6.07) is 15.5. The van der Waals surface area contributed by atoms with Crippen molar-refractivity contribution < 1.29 is 42.9 Å². The molecule has 0 radical (unpaired) electrons. The first-order valence-electron chi connectivity index (χ1n) is 17.7. The van der Waals surface area contributed by atoms with Crippen LogP contribution < -0.4 is 5.32 Å². The number of benzene rings is 1. The van der Waals surface area contributed by atoms with Gasteiger partial charge in [0.1, 0.15) is 5.76 Å². The van der Waals surface area contributed by atoms with E-state index in [0.717, 1.165) is 50.4 Å². The molecule has 0 aliphatic rings. The lowest BCUT2D eigenvalue weighted by molar-refractivity contribution is -0.138. The third-order valence-corrected chi connectivity index (χ3v) is 8.46. The molecule has 53 heavy (non-hydrogen) atoms. The summed E-state index contributed by atoms with van der Waals surface area (Å²) in [7, 11) is 0. The van der Waals surface area contributed by atoms with E-state index in [4.69, 9.17) is 38.3 Å². The Labute approximate surface area is 308 Å². The molecule has 0 saturated carbocycles. The van der Waals surface area contributed by atoms with Gasteiger partial charge >= 0.3 is 5.97 Å². The largest absolute Gasteiger partial charge is 0.481 e. The van der Waals surface area contributed by atoms with E-state index in [9.17, 15) is 9.59 Å². The van der Waals surface area contributed by atoms with E-state index in [2.05, 4.69) is 39.2 Å². The number of carboxylic acids is 1. The Hall–Kier alpha value is -4.99. The molecule has 5 aromatic rings. The molecule has 1 atom stereocenters. The molecule has 1 aromatic carbocycles. The van der Waals surface area contributed by atoms with Crippen molar-refractivity contribution in [3.63, 3.8) is 0 Å². The number of rotatable bonds is 23. The van der Waals surface area contributed by atoms with Crippen molar-refractivity contribution in [1.82, 2.24) is 25.0 Å². The van der Waals surface area contributed by atoms with Gasteiger partial charge in [-0.15, -0.1) is 0 Å². The molecule has 0 fully saturated rings. The predicted octanol–water partition coefficient (Wildman–Crippen LogP) is 5.27. The molecule has 4 aromatic heterocycles. The van der Waals surface area contributed by atoms with E-state index in [1.54, 1.807) is 6.20 Å². The summed E-state index contributed by atoms with van der Waals surface area (Å²) in [6.07, 6.45) is 5.74. The highest BCUT2D eigenvalue weighted by atomic mass is 16.6. The maximum atomic E-state index is 12.9. The van der Waals surface area contributed by atoms with Gasteiger partial charge in [0.15, 0.2) is 0 Å². The first-order valence-corrected chi connectivity index (χ1v) is 17.7. The summed E-state index contributed by atoms with van der Waals surface area (Å²) in [4.78, 5) is 32.8. The first kappa shape index (κ1) is 39.2. The number of carbonyl (C=O) groups excluding carboxylic acids is 1. The minimum atomic E-state index is -0.884. The van der Waals surface area contributed by atoms with Gasteiger partial charge < -0.3 is 43.2 Å². The average Bonchev–Trinajstić information content (AvgIpc) is 3.72. The Kier molecular flexibility index (Phi) is 15.0. The van der Waals surface area contributed by atoms with Crippen molar-refractivity contribution in [3.05, 3.63) is 89.8 Å². The number of carbonyl (C=O) groups is 2. The van der Waals surface area contributed by atoms with Crippen molar-refractivity contribution in [2.45, 2.75) is 33.2 Å². The van der Waals surface area contributed by atoms with Crippen molar-refractivity contribution in [3.8, 4) is 22.3 Å². The highest BCUT2D eigenvalue weighted by Gasteiger charge is 2.20. The number of aryl methyl sites for hydroxylation is 2. The minimum Gasteiger partial charge on any atom is -0.481 e. The highest BCUT2D eigenvalue weighted by molar-refractivity contribution is 5.97. The van der Waals surface area contributed by atoms with Crippen LogP contribution in [0.2, 0.25) is 0 Å². The molecule has 0 spiro atoms. The zero-order chi connectivity index (χ0) is 37.4. The highest BCUT2D eigenvalue weighted by Crippen LogP contribution is 2.36. The molecule has 14 nitrogen and oxygen atoms in total. The SMILES string of the molecule is Cc1noc(C)c1-c1cnc2c(-c3ccc(C(=O)NCCOCCOCCOCCOCCOCCC(=O)O)cc3)cn([C@@H](C)c3ccccn3)c2c1. The normalized spacial score (nSPS) is 12.0. The molecule has 2 N–H and O–H groups in total. The molecule has 14 heteroatoms. The molecule has 0 unspecified atom stereocenters. The molecule has 5 rings (SSSR count). The molecule has 0 aliphatic carbocycles. The molecule has 1 amide bonds. The average molecular weight is 730 g/mol. The van der Waals surface area contributed by atoms with Gasteiger partial charge in [-0.25, -0.2) is 0 Å². The van der Waals surface area contributed by atoms with Gasteiger partial charge in [-0.2, -0.15) is 0 Å². The van der Waals surface area contributed by atoms with E-state index < -0.39 is 5.97 Å². The van der Waals surface area contributed by atoms with Crippen LogP contribution in [0.3, 0.4) is 0 Å². The van der Waals surface area contributed by atoms with Crippen LogP contribution in [0.5, 0.6) is 0 Å². The van der Waals surface area contributed by atoms with Crippen molar-refractivity contribution in [1.29, 1.82) is 0 Å². The van der Waals surface area contributed by atoms with Crippen LogP contribution in [0.4, 0.5) is 0 Å². The maximum Gasteiger partial charge on any atom is 0.305 e. The summed E-state index contributed by atoms with van der Waals surface area (Å²) in [5, 5.41) is 15.6. The van der Waals surface area contributed by atoms with Crippen LogP contribution in [0.1, 0.15) is 46.9 Å². The molecule has 0 saturated heterocycles. The maximum absolute atomic E-state index is 12.9. The van der Waals surface area contributed by atoms with E-state index >= 15 is 0 Å². The fourth-order valence-electron chi connectivity index (χ4n) is 5.74. The second-order valence-electron chi connectivity index (χ2n) is 12.2. The predicted molar refractivity (Wildman–Crippen MR) is 197 cm³/mol.